The minimum atomic E-state index is -0.111. The first-order valence-electron chi connectivity index (χ1n) is 13.9. The van der Waals surface area contributed by atoms with Gasteiger partial charge in [0, 0.05) is 82.4 Å². The van der Waals surface area contributed by atoms with Crippen LogP contribution < -0.4 is 0 Å². The zero-order valence-electron chi connectivity index (χ0n) is 26.5. The van der Waals surface area contributed by atoms with Gasteiger partial charge >= 0.3 is 0 Å². The van der Waals surface area contributed by atoms with Crippen LogP contribution in [0.25, 0.3) is 21.5 Å². The summed E-state index contributed by atoms with van der Waals surface area (Å²) in [5, 5.41) is 3.39. The SMILES string of the molecule is CN(C)C(=O)Sc1ccc2ccc(SC(=O)N(C)C)c(Cc3c(SC(=O)N(C)C)ccc4ccc(SC(=O)N(C)C)cc34)c2c1. The third kappa shape index (κ3) is 8.49. The molecule has 0 aromatic heterocycles. The average Bonchev–Trinajstić information content (AvgIpc) is 2.98. The maximum atomic E-state index is 13.0. The van der Waals surface area contributed by atoms with Crippen LogP contribution in [0.1, 0.15) is 11.1 Å². The molecule has 12 heteroatoms. The number of hydrogen-bond donors (Lipinski definition) is 0. The summed E-state index contributed by atoms with van der Waals surface area (Å²) in [6.45, 7) is 0. The van der Waals surface area contributed by atoms with Crippen molar-refractivity contribution in [3.8, 4) is 0 Å². The number of hydrogen-bond acceptors (Lipinski definition) is 8. The van der Waals surface area contributed by atoms with E-state index < -0.39 is 0 Å². The fourth-order valence-corrected chi connectivity index (χ4v) is 7.31. The van der Waals surface area contributed by atoms with E-state index in [-0.39, 0.29) is 21.0 Å². The van der Waals surface area contributed by atoms with Gasteiger partial charge in [0.15, 0.2) is 0 Å². The molecular weight excluding hydrogens is 645 g/mol. The van der Waals surface area contributed by atoms with E-state index in [4.69, 9.17) is 0 Å². The standard InChI is InChI=1S/C33H36N4O4S4/c1-34(2)30(38)42-22-13-9-20-11-15-28(44-32(40)36(5)6)26(24(20)17-22)19-27-25-18-23(43-31(39)35(3)4)14-10-21(25)12-16-29(27)45-33(41)37(7)8/h9-18H,19H2,1-8H3. The number of rotatable bonds is 6. The Labute approximate surface area is 281 Å². The molecule has 0 atom stereocenters. The molecule has 45 heavy (non-hydrogen) atoms. The van der Waals surface area contributed by atoms with Gasteiger partial charge in [0.25, 0.3) is 21.0 Å². The molecule has 0 fully saturated rings. The van der Waals surface area contributed by atoms with E-state index in [0.717, 1.165) is 99.3 Å². The largest absolute Gasteiger partial charge is 0.339 e. The molecule has 4 aromatic rings. The van der Waals surface area contributed by atoms with Crippen LogP contribution in [-0.2, 0) is 6.42 Å². The minimum Gasteiger partial charge on any atom is -0.339 e. The van der Waals surface area contributed by atoms with Gasteiger partial charge in [-0.25, -0.2) is 0 Å². The number of fused-ring (bicyclic) bond motifs is 2. The van der Waals surface area contributed by atoms with Crippen LogP contribution in [0.3, 0.4) is 0 Å². The molecule has 8 nitrogen and oxygen atoms in total. The lowest BCUT2D eigenvalue weighted by Crippen LogP contribution is -2.17. The van der Waals surface area contributed by atoms with Gasteiger partial charge in [-0.3, -0.25) is 19.2 Å². The lowest BCUT2D eigenvalue weighted by molar-refractivity contribution is 0.240. The summed E-state index contributed by atoms with van der Waals surface area (Å²) in [6.07, 6.45) is 0.409. The smallest absolute Gasteiger partial charge is 0.285 e. The van der Waals surface area contributed by atoms with E-state index in [1.165, 1.54) is 9.80 Å². The van der Waals surface area contributed by atoms with Gasteiger partial charge in [0.05, 0.1) is 0 Å². The summed E-state index contributed by atoms with van der Waals surface area (Å²) < 4.78 is 0. The Hall–Kier alpha value is -3.32. The molecule has 0 aliphatic heterocycles. The molecule has 0 spiro atoms. The molecule has 0 heterocycles. The molecule has 4 amide bonds. The number of thioether (sulfide) groups is 4. The van der Waals surface area contributed by atoms with Gasteiger partial charge in [-0.05, 0) is 116 Å². The van der Waals surface area contributed by atoms with Crippen LogP contribution >= 0.6 is 47.0 Å². The fourth-order valence-electron chi connectivity index (χ4n) is 4.30. The third-order valence-electron chi connectivity index (χ3n) is 6.74. The molecule has 0 N–H and O–H groups in total. The van der Waals surface area contributed by atoms with Crippen molar-refractivity contribution < 1.29 is 19.2 Å². The van der Waals surface area contributed by atoms with E-state index >= 15 is 0 Å². The van der Waals surface area contributed by atoms with E-state index in [0.29, 0.717) is 6.42 Å². The van der Waals surface area contributed by atoms with Gasteiger partial charge in [0.1, 0.15) is 0 Å². The van der Waals surface area contributed by atoms with Crippen LogP contribution in [0.2, 0.25) is 0 Å². The second kappa shape index (κ2) is 14.8. The second-order valence-electron chi connectivity index (χ2n) is 11.1. The van der Waals surface area contributed by atoms with Gasteiger partial charge < -0.3 is 19.6 Å². The Morgan fingerprint density at radius 2 is 0.778 bits per heavy atom. The highest BCUT2D eigenvalue weighted by molar-refractivity contribution is 8.14. The molecule has 0 saturated heterocycles. The number of nitrogens with zero attached hydrogens (tertiary/aromatic N) is 4. The molecule has 0 radical (unpaired) electrons. The van der Waals surface area contributed by atoms with Crippen LogP contribution in [0.15, 0.2) is 80.2 Å². The third-order valence-corrected chi connectivity index (χ3v) is 11.1. The van der Waals surface area contributed by atoms with E-state index in [1.807, 2.05) is 60.7 Å². The summed E-state index contributed by atoms with van der Waals surface area (Å²) in [6, 6.07) is 19.7. The lowest BCUT2D eigenvalue weighted by atomic mass is 9.95. The Kier molecular flexibility index (Phi) is 11.4. The summed E-state index contributed by atoms with van der Waals surface area (Å²) in [5.41, 5.74) is 1.84. The molecule has 0 aliphatic carbocycles. The van der Waals surface area contributed by atoms with Crippen LogP contribution in [0.4, 0.5) is 19.2 Å². The Morgan fingerprint density at radius 1 is 0.467 bits per heavy atom. The van der Waals surface area contributed by atoms with E-state index in [2.05, 4.69) is 0 Å². The lowest BCUT2D eigenvalue weighted by Gasteiger charge is -2.19. The van der Waals surface area contributed by atoms with Crippen molar-refractivity contribution in [3.63, 3.8) is 0 Å². The fraction of sp³-hybridized carbons (Fsp3) is 0.273. The number of carbonyl (C=O) groups excluding carboxylic acids is 4. The quantitative estimate of drug-likeness (QED) is 0.187. The normalized spacial score (nSPS) is 11.0. The minimum absolute atomic E-state index is 0.0866. The topological polar surface area (TPSA) is 81.2 Å². The van der Waals surface area contributed by atoms with Gasteiger partial charge in [-0.15, -0.1) is 0 Å². The first-order chi connectivity index (χ1) is 21.2. The van der Waals surface area contributed by atoms with Gasteiger partial charge in [-0.1, -0.05) is 24.3 Å². The zero-order valence-corrected chi connectivity index (χ0v) is 29.8. The summed E-state index contributed by atoms with van der Waals surface area (Å²) in [7, 11) is 13.8. The Balaban J connectivity index is 1.97. The average molecular weight is 681 g/mol. The van der Waals surface area contributed by atoms with Crippen molar-refractivity contribution in [1.29, 1.82) is 0 Å². The van der Waals surface area contributed by atoms with Gasteiger partial charge in [0.2, 0.25) is 0 Å². The second-order valence-corrected chi connectivity index (χ2v) is 15.1. The maximum Gasteiger partial charge on any atom is 0.285 e. The van der Waals surface area contributed by atoms with Gasteiger partial charge in [-0.2, -0.15) is 0 Å². The number of benzene rings is 4. The highest BCUT2D eigenvalue weighted by Crippen LogP contribution is 2.40. The predicted molar refractivity (Wildman–Crippen MR) is 190 cm³/mol. The van der Waals surface area contributed by atoms with Crippen molar-refractivity contribution in [3.05, 3.63) is 71.8 Å². The monoisotopic (exact) mass is 680 g/mol. The van der Waals surface area contributed by atoms with Crippen LogP contribution in [-0.4, -0.2) is 96.9 Å². The molecule has 4 aromatic carbocycles. The molecule has 0 unspecified atom stereocenters. The molecule has 0 aliphatic rings. The van der Waals surface area contributed by atoms with E-state index in [1.54, 1.807) is 66.2 Å². The summed E-state index contributed by atoms with van der Waals surface area (Å²) in [5.74, 6) is 0. The summed E-state index contributed by atoms with van der Waals surface area (Å²) >= 11 is 4.59. The highest BCUT2D eigenvalue weighted by atomic mass is 32.2. The molecule has 0 bridgehead atoms. The molecule has 4 rings (SSSR count). The predicted octanol–water partition coefficient (Wildman–Crippen LogP) is 8.68. The first-order valence-corrected chi connectivity index (χ1v) is 17.2. The van der Waals surface area contributed by atoms with Crippen molar-refractivity contribution >= 4 is 89.5 Å². The first kappa shape index (κ1) is 34.6. The van der Waals surface area contributed by atoms with Crippen molar-refractivity contribution in [2.24, 2.45) is 0 Å². The maximum absolute atomic E-state index is 13.0. The molecular formula is C33H36N4O4S4. The van der Waals surface area contributed by atoms with Crippen molar-refractivity contribution in [1.82, 2.24) is 19.6 Å². The Morgan fingerprint density at radius 3 is 1.11 bits per heavy atom. The number of amides is 4. The summed E-state index contributed by atoms with van der Waals surface area (Å²) in [4.78, 5) is 60.5. The highest BCUT2D eigenvalue weighted by Gasteiger charge is 2.21. The number of carbonyl (C=O) groups is 4. The zero-order chi connectivity index (χ0) is 33.0. The van der Waals surface area contributed by atoms with Crippen molar-refractivity contribution in [2.75, 3.05) is 56.4 Å². The van der Waals surface area contributed by atoms with Crippen molar-refractivity contribution in [2.45, 2.75) is 26.0 Å². The molecule has 236 valence electrons. The Bertz CT molecular complexity index is 1650. The van der Waals surface area contributed by atoms with Crippen LogP contribution in [0, 0.1) is 0 Å². The van der Waals surface area contributed by atoms with Crippen LogP contribution in [0.5, 0.6) is 0 Å². The molecule has 0 saturated carbocycles. The van der Waals surface area contributed by atoms with E-state index in [9.17, 15) is 19.2 Å².